The molecule has 0 spiro atoms. The van der Waals surface area contributed by atoms with E-state index in [1.54, 1.807) is 11.6 Å². The van der Waals surface area contributed by atoms with Gasteiger partial charge in [0.2, 0.25) is 17.7 Å². The van der Waals surface area contributed by atoms with Crippen LogP contribution in [0.1, 0.15) is 49.8 Å². The number of nitrogens with zero attached hydrogens (tertiary/aromatic N) is 5. The number of carbonyl (C=O) groups excluding carboxylic acids is 2. The van der Waals surface area contributed by atoms with Crippen molar-refractivity contribution in [1.82, 2.24) is 30.1 Å². The van der Waals surface area contributed by atoms with E-state index < -0.39 is 5.41 Å². The molecular formula is C21H30N6O3. The third kappa shape index (κ3) is 3.61. The van der Waals surface area contributed by atoms with E-state index in [-0.39, 0.29) is 36.2 Å². The first-order valence-corrected chi connectivity index (χ1v) is 10.6. The van der Waals surface area contributed by atoms with E-state index in [2.05, 4.69) is 20.6 Å². The van der Waals surface area contributed by atoms with E-state index in [4.69, 9.17) is 4.52 Å². The summed E-state index contributed by atoms with van der Waals surface area (Å²) in [6.45, 7) is 10.9. The Morgan fingerprint density at radius 1 is 1.33 bits per heavy atom. The van der Waals surface area contributed by atoms with Gasteiger partial charge < -0.3 is 14.7 Å². The van der Waals surface area contributed by atoms with Crippen molar-refractivity contribution < 1.29 is 14.1 Å². The minimum Gasteiger partial charge on any atom is -0.352 e. The fraction of sp³-hybridized carbons (Fsp3) is 0.667. The lowest BCUT2D eigenvalue weighted by Crippen LogP contribution is -2.41. The van der Waals surface area contributed by atoms with Gasteiger partial charge in [0, 0.05) is 30.7 Å². The summed E-state index contributed by atoms with van der Waals surface area (Å²) >= 11 is 0. The Hall–Kier alpha value is -2.71. The zero-order valence-corrected chi connectivity index (χ0v) is 18.3. The van der Waals surface area contributed by atoms with E-state index in [1.165, 1.54) is 0 Å². The van der Waals surface area contributed by atoms with Gasteiger partial charge in [-0.15, -0.1) is 0 Å². The molecule has 2 aromatic heterocycles. The van der Waals surface area contributed by atoms with Gasteiger partial charge in [0.25, 0.3) is 0 Å². The average Bonchev–Trinajstić information content (AvgIpc) is 3.38. The molecule has 2 fully saturated rings. The zero-order valence-electron chi connectivity index (χ0n) is 18.3. The van der Waals surface area contributed by atoms with Crippen molar-refractivity contribution in [2.24, 2.45) is 11.8 Å². The minimum atomic E-state index is -0.401. The molecule has 1 unspecified atom stereocenters. The lowest BCUT2D eigenvalue weighted by molar-refractivity contribution is -0.134. The quantitative estimate of drug-likeness (QED) is 0.795. The SMILES string of the molecule is Cc1cc(C)n(CC(=O)N[C@@H]2CC3CN(C(=O)C(C)C)C[C@@]3(c3nc(C)no3)C2)n1. The number of aryl methyl sites for hydroxylation is 3. The first kappa shape index (κ1) is 20.6. The molecule has 162 valence electrons. The van der Waals surface area contributed by atoms with Crippen molar-refractivity contribution in [3.05, 3.63) is 29.2 Å². The summed E-state index contributed by atoms with van der Waals surface area (Å²) in [5, 5.41) is 11.5. The number of fused-ring (bicyclic) bond motifs is 1. The topological polar surface area (TPSA) is 106 Å². The maximum Gasteiger partial charge on any atom is 0.241 e. The molecule has 4 rings (SSSR count). The first-order chi connectivity index (χ1) is 14.2. The van der Waals surface area contributed by atoms with Gasteiger partial charge in [-0.1, -0.05) is 19.0 Å². The predicted octanol–water partition coefficient (Wildman–Crippen LogP) is 1.52. The molecule has 3 atom stereocenters. The highest BCUT2D eigenvalue weighted by Gasteiger charge is 2.58. The van der Waals surface area contributed by atoms with Crippen LogP contribution in [0.4, 0.5) is 0 Å². The number of amides is 2. The molecule has 2 aromatic rings. The van der Waals surface area contributed by atoms with Gasteiger partial charge >= 0.3 is 0 Å². The minimum absolute atomic E-state index is 0.00275. The number of hydrogen-bond donors (Lipinski definition) is 1. The van der Waals surface area contributed by atoms with E-state index >= 15 is 0 Å². The van der Waals surface area contributed by atoms with Crippen molar-refractivity contribution in [2.45, 2.75) is 65.5 Å². The van der Waals surface area contributed by atoms with Gasteiger partial charge in [-0.05, 0) is 45.6 Å². The Morgan fingerprint density at radius 2 is 2.10 bits per heavy atom. The molecule has 2 amide bonds. The summed E-state index contributed by atoms with van der Waals surface area (Å²) in [5.74, 6) is 1.38. The second-order valence-electron chi connectivity index (χ2n) is 9.16. The van der Waals surface area contributed by atoms with E-state index in [9.17, 15) is 9.59 Å². The molecular weight excluding hydrogens is 384 g/mol. The zero-order chi connectivity index (χ0) is 21.6. The molecule has 3 heterocycles. The molecule has 9 heteroatoms. The predicted molar refractivity (Wildman–Crippen MR) is 108 cm³/mol. The van der Waals surface area contributed by atoms with Crippen molar-refractivity contribution in [2.75, 3.05) is 13.1 Å². The average molecular weight is 415 g/mol. The third-order valence-corrected chi connectivity index (χ3v) is 6.40. The summed E-state index contributed by atoms with van der Waals surface area (Å²) in [5.41, 5.74) is 1.46. The summed E-state index contributed by atoms with van der Waals surface area (Å²) in [6.07, 6.45) is 1.47. The van der Waals surface area contributed by atoms with Crippen molar-refractivity contribution >= 4 is 11.8 Å². The summed E-state index contributed by atoms with van der Waals surface area (Å²) in [7, 11) is 0. The van der Waals surface area contributed by atoms with Crippen LogP contribution in [0.2, 0.25) is 0 Å². The highest BCUT2D eigenvalue weighted by molar-refractivity contribution is 5.79. The fourth-order valence-corrected chi connectivity index (χ4v) is 5.09. The van der Waals surface area contributed by atoms with Gasteiger partial charge in [-0.25, -0.2) is 0 Å². The molecule has 1 aliphatic carbocycles. The first-order valence-electron chi connectivity index (χ1n) is 10.6. The number of rotatable bonds is 5. The monoisotopic (exact) mass is 414 g/mol. The van der Waals surface area contributed by atoms with Gasteiger partial charge in [0.05, 0.1) is 11.1 Å². The molecule has 1 saturated heterocycles. The normalized spacial score (nSPS) is 25.7. The van der Waals surface area contributed by atoms with Gasteiger partial charge in [-0.2, -0.15) is 10.1 Å². The van der Waals surface area contributed by atoms with Crippen LogP contribution >= 0.6 is 0 Å². The van der Waals surface area contributed by atoms with Crippen LogP contribution in [0, 0.1) is 32.6 Å². The third-order valence-electron chi connectivity index (χ3n) is 6.40. The highest BCUT2D eigenvalue weighted by atomic mass is 16.5. The van der Waals surface area contributed by atoms with Crippen LogP contribution in [-0.4, -0.2) is 55.8 Å². The van der Waals surface area contributed by atoms with Crippen molar-refractivity contribution in [3.8, 4) is 0 Å². The van der Waals surface area contributed by atoms with Crippen LogP contribution in [0.5, 0.6) is 0 Å². The van der Waals surface area contributed by atoms with E-state index in [1.807, 2.05) is 38.7 Å². The molecule has 1 aliphatic heterocycles. The number of nitrogens with one attached hydrogen (secondary N) is 1. The van der Waals surface area contributed by atoms with Crippen LogP contribution in [0.25, 0.3) is 0 Å². The molecule has 0 aromatic carbocycles. The molecule has 30 heavy (non-hydrogen) atoms. The highest BCUT2D eigenvalue weighted by Crippen LogP contribution is 2.50. The van der Waals surface area contributed by atoms with Gasteiger partial charge in [-0.3, -0.25) is 14.3 Å². The van der Waals surface area contributed by atoms with E-state index in [0.29, 0.717) is 31.2 Å². The lowest BCUT2D eigenvalue weighted by Gasteiger charge is -2.26. The number of likely N-dealkylation sites (tertiary alicyclic amines) is 1. The van der Waals surface area contributed by atoms with Crippen molar-refractivity contribution in [1.29, 1.82) is 0 Å². The molecule has 0 bridgehead atoms. The Balaban J connectivity index is 1.50. The van der Waals surface area contributed by atoms with E-state index in [0.717, 1.165) is 17.8 Å². The molecule has 1 N–H and O–H groups in total. The Bertz CT molecular complexity index is 964. The smallest absolute Gasteiger partial charge is 0.241 e. The second-order valence-corrected chi connectivity index (χ2v) is 9.16. The van der Waals surface area contributed by atoms with Crippen LogP contribution in [0.3, 0.4) is 0 Å². The Kier molecular flexibility index (Phi) is 5.15. The van der Waals surface area contributed by atoms with Gasteiger partial charge in [0.15, 0.2) is 5.82 Å². The lowest BCUT2D eigenvalue weighted by atomic mass is 9.80. The maximum absolute atomic E-state index is 12.7. The largest absolute Gasteiger partial charge is 0.352 e. The second kappa shape index (κ2) is 7.52. The Labute approximate surface area is 176 Å². The van der Waals surface area contributed by atoms with Crippen LogP contribution < -0.4 is 5.32 Å². The number of hydrogen-bond acceptors (Lipinski definition) is 6. The molecule has 1 saturated carbocycles. The number of carbonyl (C=O) groups is 2. The van der Waals surface area contributed by atoms with Crippen LogP contribution in [-0.2, 0) is 21.5 Å². The standard InChI is InChI=1S/C21H30N6O3/c1-12(2)19(29)26-9-16-7-17(8-21(16,11-26)20-22-15(5)25-30-20)23-18(28)10-27-14(4)6-13(3)24-27/h6,12,16-17H,7-11H2,1-5H3,(H,23,28)/t16?,17-,21+/m1/s1. The van der Waals surface area contributed by atoms with Crippen molar-refractivity contribution in [3.63, 3.8) is 0 Å². The molecule has 0 radical (unpaired) electrons. The fourth-order valence-electron chi connectivity index (χ4n) is 5.09. The molecule has 2 aliphatic rings. The maximum atomic E-state index is 12.7. The number of aromatic nitrogens is 4. The summed E-state index contributed by atoms with van der Waals surface area (Å²) in [6, 6.07) is 1.96. The Morgan fingerprint density at radius 3 is 2.70 bits per heavy atom. The molecule has 9 nitrogen and oxygen atoms in total. The van der Waals surface area contributed by atoms with Gasteiger partial charge in [0.1, 0.15) is 6.54 Å². The summed E-state index contributed by atoms with van der Waals surface area (Å²) in [4.78, 5) is 31.7. The van der Waals surface area contributed by atoms with Crippen LogP contribution in [0.15, 0.2) is 10.6 Å². The summed E-state index contributed by atoms with van der Waals surface area (Å²) < 4.78 is 7.31.